The van der Waals surface area contributed by atoms with E-state index in [2.05, 4.69) is 0 Å². The Morgan fingerprint density at radius 3 is 2.25 bits per heavy atom. The van der Waals surface area contributed by atoms with E-state index in [0.29, 0.717) is 0 Å². The second-order valence-corrected chi connectivity index (χ2v) is 7.05. The van der Waals surface area contributed by atoms with E-state index >= 15 is 0 Å². The third-order valence-corrected chi connectivity index (χ3v) is 4.79. The first kappa shape index (κ1) is 20.5. The number of halogens is 3. The molecule has 1 aromatic carbocycles. The monoisotopic (exact) mass is 334 g/mol. The summed E-state index contributed by atoms with van der Waals surface area (Å²) in [5.41, 5.74) is -0.843. The van der Waals surface area contributed by atoms with Gasteiger partial charge in [-0.2, -0.15) is 0 Å². The molecule has 20 heavy (non-hydrogen) atoms. The number of ether oxygens (including phenoxy) is 1. The van der Waals surface area contributed by atoms with E-state index < -0.39 is 27.5 Å². The molecule has 0 heterocycles. The van der Waals surface area contributed by atoms with Gasteiger partial charge >= 0.3 is 58.4 Å². The molecule has 9 heteroatoms. The molecule has 0 aliphatic carbocycles. The number of para-hydroxylation sites is 1. The third kappa shape index (κ3) is 6.07. The Kier molecular flexibility index (Phi) is 8.38. The van der Waals surface area contributed by atoms with Gasteiger partial charge in [-0.1, -0.05) is 23.7 Å². The van der Waals surface area contributed by atoms with Gasteiger partial charge in [0.25, 0.3) is 0 Å². The zero-order chi connectivity index (χ0) is 14.7. The van der Waals surface area contributed by atoms with Gasteiger partial charge in [0.2, 0.25) is 0 Å². The van der Waals surface area contributed by atoms with Crippen molar-refractivity contribution in [2.75, 3.05) is 12.4 Å². The average Bonchev–Trinajstić information content (AvgIpc) is 2.27. The largest absolute Gasteiger partial charge is 1.00 e. The van der Waals surface area contributed by atoms with Crippen LogP contribution in [0.2, 0.25) is 0 Å². The number of hydrogen-bond acceptors (Lipinski definition) is 3. The standard InChI is InChI=1S/C11H15BF3O3S.K/c1-9(2)19(16,17)8-7-18-11-6-4-3-5-10(11)12(13,14)15;/h3-6,9H,7-8H2,1-2H3;/q-1;+1. The zero-order valence-corrected chi connectivity index (χ0v) is 15.6. The summed E-state index contributed by atoms with van der Waals surface area (Å²) >= 11 is 0. The number of rotatable bonds is 6. The van der Waals surface area contributed by atoms with Crippen molar-refractivity contribution in [2.24, 2.45) is 0 Å². The predicted octanol–water partition coefficient (Wildman–Crippen LogP) is -1.05. The molecule has 0 amide bonds. The normalized spacial score (nSPS) is 12.1. The topological polar surface area (TPSA) is 43.4 Å². The van der Waals surface area contributed by atoms with Gasteiger partial charge < -0.3 is 17.7 Å². The summed E-state index contributed by atoms with van der Waals surface area (Å²) in [7, 11) is -3.32. The van der Waals surface area contributed by atoms with Crippen LogP contribution in [0.25, 0.3) is 0 Å². The molecule has 1 aromatic rings. The summed E-state index contributed by atoms with van der Waals surface area (Å²) in [6.07, 6.45) is 0. The fraction of sp³-hybridized carbons (Fsp3) is 0.455. The summed E-state index contributed by atoms with van der Waals surface area (Å²) in [4.78, 5) is 0. The molecule has 0 aliphatic heterocycles. The van der Waals surface area contributed by atoms with Crippen LogP contribution in [0.4, 0.5) is 12.9 Å². The minimum Gasteiger partial charge on any atom is -0.496 e. The van der Waals surface area contributed by atoms with Gasteiger partial charge in [0.1, 0.15) is 6.61 Å². The molecule has 0 unspecified atom stereocenters. The maximum absolute atomic E-state index is 12.7. The summed E-state index contributed by atoms with van der Waals surface area (Å²) in [6.45, 7) is -2.43. The van der Waals surface area contributed by atoms with E-state index in [1.165, 1.54) is 32.0 Å². The average molecular weight is 334 g/mol. The molecule has 0 bridgehead atoms. The zero-order valence-electron chi connectivity index (χ0n) is 11.6. The second kappa shape index (κ2) is 8.19. The Hall–Kier alpha value is 0.461. The molecular formula is C11H15BF3KO3S. The van der Waals surface area contributed by atoms with Gasteiger partial charge in [0.15, 0.2) is 9.84 Å². The van der Waals surface area contributed by atoms with Crippen LogP contribution >= 0.6 is 0 Å². The number of hydrogen-bond donors (Lipinski definition) is 0. The molecule has 0 saturated carbocycles. The first-order chi connectivity index (χ1) is 8.64. The Morgan fingerprint density at radius 1 is 1.20 bits per heavy atom. The molecule has 0 aromatic heterocycles. The van der Waals surface area contributed by atoms with Crippen molar-refractivity contribution in [3.05, 3.63) is 24.3 Å². The van der Waals surface area contributed by atoms with Crippen LogP contribution in [0.15, 0.2) is 24.3 Å². The second-order valence-electron chi connectivity index (χ2n) is 4.38. The van der Waals surface area contributed by atoms with Crippen molar-refractivity contribution in [3.8, 4) is 5.75 Å². The first-order valence-corrected chi connectivity index (χ1v) is 7.49. The van der Waals surface area contributed by atoms with E-state index in [-0.39, 0.29) is 69.5 Å². The summed E-state index contributed by atoms with van der Waals surface area (Å²) in [6, 6.07) is 4.79. The van der Waals surface area contributed by atoms with E-state index in [1.807, 2.05) is 0 Å². The third-order valence-electron chi connectivity index (χ3n) is 2.62. The van der Waals surface area contributed by atoms with Crippen molar-refractivity contribution in [3.63, 3.8) is 0 Å². The summed E-state index contributed by atoms with van der Waals surface area (Å²) < 4.78 is 66.1. The predicted molar refractivity (Wildman–Crippen MR) is 69.6 cm³/mol. The summed E-state index contributed by atoms with van der Waals surface area (Å²) in [5.74, 6) is -0.627. The molecule has 108 valence electrons. The van der Waals surface area contributed by atoms with Crippen LogP contribution in [0.3, 0.4) is 0 Å². The minimum atomic E-state index is -5.17. The van der Waals surface area contributed by atoms with Crippen LogP contribution < -0.4 is 61.6 Å². The Labute approximate surface area is 159 Å². The van der Waals surface area contributed by atoms with Gasteiger partial charge in [-0.3, -0.25) is 0 Å². The number of benzene rings is 1. The maximum Gasteiger partial charge on any atom is 1.00 e. The van der Waals surface area contributed by atoms with Crippen LogP contribution in [0, 0.1) is 0 Å². The molecule has 0 spiro atoms. The van der Waals surface area contributed by atoms with Crippen molar-refractivity contribution in [1.82, 2.24) is 0 Å². The van der Waals surface area contributed by atoms with Crippen molar-refractivity contribution in [1.29, 1.82) is 0 Å². The van der Waals surface area contributed by atoms with Crippen LogP contribution in [0.5, 0.6) is 5.75 Å². The molecule has 0 aliphatic rings. The number of sulfone groups is 1. The van der Waals surface area contributed by atoms with Crippen LogP contribution in [-0.4, -0.2) is 33.0 Å². The van der Waals surface area contributed by atoms with Crippen molar-refractivity contribution >= 4 is 22.3 Å². The van der Waals surface area contributed by atoms with Crippen LogP contribution in [-0.2, 0) is 9.84 Å². The first-order valence-electron chi connectivity index (χ1n) is 5.78. The quantitative estimate of drug-likeness (QED) is 0.624. The van der Waals surface area contributed by atoms with Crippen molar-refractivity contribution < 1.29 is 77.5 Å². The smallest absolute Gasteiger partial charge is 0.496 e. The Bertz CT molecular complexity index is 532. The molecule has 0 atom stereocenters. The minimum absolute atomic E-state index is 0. The SMILES string of the molecule is CC(C)S(=O)(=O)CCOc1ccccc1[B-](F)(F)F.[K+]. The van der Waals surface area contributed by atoms with Gasteiger partial charge in [-0.05, 0) is 19.9 Å². The van der Waals surface area contributed by atoms with E-state index in [1.54, 1.807) is 0 Å². The molecule has 1 rings (SSSR count). The molecule has 0 fully saturated rings. The fourth-order valence-corrected chi connectivity index (χ4v) is 2.17. The molecule has 0 N–H and O–H groups in total. The Morgan fingerprint density at radius 2 is 1.75 bits per heavy atom. The summed E-state index contributed by atoms with van der Waals surface area (Å²) in [5, 5.41) is -0.571. The van der Waals surface area contributed by atoms with Crippen LogP contribution in [0.1, 0.15) is 13.8 Å². The van der Waals surface area contributed by atoms with Crippen molar-refractivity contribution in [2.45, 2.75) is 19.1 Å². The Balaban J connectivity index is 0.00000361. The molecule has 0 saturated heterocycles. The maximum atomic E-state index is 12.7. The van der Waals surface area contributed by atoms with Gasteiger partial charge in [-0.15, -0.1) is 0 Å². The molecule has 0 radical (unpaired) electrons. The van der Waals surface area contributed by atoms with E-state index in [9.17, 15) is 21.4 Å². The van der Waals surface area contributed by atoms with Gasteiger partial charge in [0.05, 0.1) is 16.8 Å². The van der Waals surface area contributed by atoms with Gasteiger partial charge in [0, 0.05) is 0 Å². The van der Waals surface area contributed by atoms with E-state index in [4.69, 9.17) is 4.74 Å². The fourth-order valence-electron chi connectivity index (χ4n) is 1.39. The molecular weight excluding hydrogens is 319 g/mol. The van der Waals surface area contributed by atoms with Gasteiger partial charge in [-0.25, -0.2) is 8.42 Å². The molecule has 3 nitrogen and oxygen atoms in total. The van der Waals surface area contributed by atoms with E-state index in [0.717, 1.165) is 6.07 Å².